The number of hydrogen-bond acceptors (Lipinski definition) is 3. The molecule has 5 heteroatoms. The van der Waals surface area contributed by atoms with E-state index in [4.69, 9.17) is 4.74 Å². The van der Waals surface area contributed by atoms with Crippen LogP contribution in [0.2, 0.25) is 0 Å². The molecule has 0 aliphatic carbocycles. The van der Waals surface area contributed by atoms with Crippen molar-refractivity contribution in [2.24, 2.45) is 5.92 Å². The lowest BCUT2D eigenvalue weighted by Gasteiger charge is -2.27. The van der Waals surface area contributed by atoms with Crippen LogP contribution in [0.15, 0.2) is 18.2 Å². The van der Waals surface area contributed by atoms with Gasteiger partial charge in [-0.3, -0.25) is 4.79 Å². The summed E-state index contributed by atoms with van der Waals surface area (Å²) in [7, 11) is 0. The van der Waals surface area contributed by atoms with E-state index in [1.165, 1.54) is 6.07 Å². The summed E-state index contributed by atoms with van der Waals surface area (Å²) in [6.07, 6.45) is 1.63. The second kappa shape index (κ2) is 6.70. The molecule has 2 unspecified atom stereocenters. The number of rotatable bonds is 4. The molecule has 0 spiro atoms. The van der Waals surface area contributed by atoms with Crippen molar-refractivity contribution in [1.82, 2.24) is 5.32 Å². The van der Waals surface area contributed by atoms with E-state index < -0.39 is 5.82 Å². The third kappa shape index (κ3) is 3.70. The van der Waals surface area contributed by atoms with Crippen LogP contribution in [0.4, 0.5) is 10.1 Å². The molecule has 2 N–H and O–H groups in total. The third-order valence-electron chi connectivity index (χ3n) is 3.49. The number of piperidine rings is 1. The zero-order valence-electron chi connectivity index (χ0n) is 11.9. The molecule has 110 valence electrons. The monoisotopic (exact) mass is 280 g/mol. The summed E-state index contributed by atoms with van der Waals surface area (Å²) in [5.74, 6) is -0.299. The topological polar surface area (TPSA) is 50.4 Å². The molecular weight excluding hydrogens is 259 g/mol. The van der Waals surface area contributed by atoms with Crippen LogP contribution in [0.1, 0.15) is 26.7 Å². The fraction of sp³-hybridized carbons (Fsp3) is 0.533. The molecule has 1 aliphatic heterocycles. The van der Waals surface area contributed by atoms with Crippen molar-refractivity contribution in [2.45, 2.75) is 32.7 Å². The highest BCUT2D eigenvalue weighted by molar-refractivity contribution is 5.92. The summed E-state index contributed by atoms with van der Waals surface area (Å²) in [5, 5.41) is 6.08. The van der Waals surface area contributed by atoms with Crippen LogP contribution in [-0.2, 0) is 4.79 Å². The van der Waals surface area contributed by atoms with Crippen LogP contribution in [0.5, 0.6) is 5.75 Å². The van der Waals surface area contributed by atoms with E-state index >= 15 is 0 Å². The van der Waals surface area contributed by atoms with Gasteiger partial charge in [0, 0.05) is 23.7 Å². The summed E-state index contributed by atoms with van der Waals surface area (Å²) >= 11 is 0. The van der Waals surface area contributed by atoms with Crippen molar-refractivity contribution in [2.75, 3.05) is 18.5 Å². The number of halogens is 1. The summed E-state index contributed by atoms with van der Waals surface area (Å²) < 4.78 is 18.8. The lowest BCUT2D eigenvalue weighted by Crippen LogP contribution is -2.40. The predicted octanol–water partition coefficient (Wildman–Crippen LogP) is 2.55. The minimum Gasteiger partial charge on any atom is -0.491 e. The molecule has 1 aliphatic rings. The molecule has 0 radical (unpaired) electrons. The second-order valence-electron chi connectivity index (χ2n) is 5.14. The Morgan fingerprint density at radius 3 is 3.00 bits per heavy atom. The predicted molar refractivity (Wildman–Crippen MR) is 76.4 cm³/mol. The second-order valence-corrected chi connectivity index (χ2v) is 5.14. The first-order chi connectivity index (χ1) is 9.60. The molecule has 1 heterocycles. The molecule has 1 fully saturated rings. The molecule has 2 rings (SSSR count). The highest BCUT2D eigenvalue weighted by Crippen LogP contribution is 2.23. The van der Waals surface area contributed by atoms with Crippen LogP contribution >= 0.6 is 0 Å². The Bertz CT molecular complexity index is 479. The fourth-order valence-electron chi connectivity index (χ4n) is 2.47. The Kier molecular flexibility index (Phi) is 4.95. The van der Waals surface area contributed by atoms with Crippen LogP contribution in [0.3, 0.4) is 0 Å². The van der Waals surface area contributed by atoms with E-state index in [2.05, 4.69) is 17.6 Å². The van der Waals surface area contributed by atoms with Crippen LogP contribution < -0.4 is 15.4 Å². The van der Waals surface area contributed by atoms with Crippen LogP contribution in [0, 0.1) is 11.7 Å². The molecular formula is C15H21FN2O2. The maximum Gasteiger partial charge on any atom is 0.227 e. The van der Waals surface area contributed by atoms with Crippen molar-refractivity contribution in [3.05, 3.63) is 24.0 Å². The van der Waals surface area contributed by atoms with Crippen LogP contribution in [0.25, 0.3) is 0 Å². The number of nitrogens with one attached hydrogen (secondary N) is 2. The first-order valence-electron chi connectivity index (χ1n) is 7.06. The first kappa shape index (κ1) is 14.8. The Morgan fingerprint density at radius 1 is 1.55 bits per heavy atom. The average molecular weight is 280 g/mol. The fourth-order valence-corrected chi connectivity index (χ4v) is 2.47. The summed E-state index contributed by atoms with van der Waals surface area (Å²) in [6.45, 7) is 5.12. The van der Waals surface area contributed by atoms with Gasteiger partial charge in [0.2, 0.25) is 5.91 Å². The molecule has 1 amide bonds. The van der Waals surface area contributed by atoms with Gasteiger partial charge in [-0.15, -0.1) is 0 Å². The van der Waals surface area contributed by atoms with E-state index in [-0.39, 0.29) is 17.6 Å². The lowest BCUT2D eigenvalue weighted by molar-refractivity contribution is -0.120. The quantitative estimate of drug-likeness (QED) is 0.891. The normalized spacial score (nSPS) is 22.4. The van der Waals surface area contributed by atoms with E-state index in [0.717, 1.165) is 19.4 Å². The van der Waals surface area contributed by atoms with Crippen molar-refractivity contribution < 1.29 is 13.9 Å². The van der Waals surface area contributed by atoms with E-state index in [9.17, 15) is 9.18 Å². The van der Waals surface area contributed by atoms with Gasteiger partial charge in [-0.25, -0.2) is 4.39 Å². The zero-order chi connectivity index (χ0) is 14.5. The average Bonchev–Trinajstić information content (AvgIpc) is 2.42. The summed E-state index contributed by atoms with van der Waals surface area (Å²) in [4.78, 5) is 12.1. The van der Waals surface area contributed by atoms with Gasteiger partial charge in [-0.2, -0.15) is 0 Å². The van der Waals surface area contributed by atoms with Crippen molar-refractivity contribution >= 4 is 11.6 Å². The number of hydrogen-bond donors (Lipinski definition) is 2. The maximum atomic E-state index is 13.7. The first-order valence-corrected chi connectivity index (χ1v) is 7.06. The lowest BCUT2D eigenvalue weighted by atomic mass is 9.92. The highest BCUT2D eigenvalue weighted by Gasteiger charge is 2.24. The van der Waals surface area contributed by atoms with Gasteiger partial charge in [-0.05, 0) is 45.4 Å². The minimum atomic E-state index is -0.455. The Hall–Kier alpha value is -1.62. The number of amides is 1. The Labute approximate surface area is 118 Å². The molecule has 4 nitrogen and oxygen atoms in total. The van der Waals surface area contributed by atoms with Crippen molar-refractivity contribution in [1.29, 1.82) is 0 Å². The van der Waals surface area contributed by atoms with Crippen molar-refractivity contribution in [3.63, 3.8) is 0 Å². The zero-order valence-corrected chi connectivity index (χ0v) is 11.9. The van der Waals surface area contributed by atoms with Gasteiger partial charge < -0.3 is 15.4 Å². The van der Waals surface area contributed by atoms with Gasteiger partial charge in [0.25, 0.3) is 0 Å². The molecule has 1 saturated heterocycles. The summed E-state index contributed by atoms with van der Waals surface area (Å²) in [6, 6.07) is 4.85. The van der Waals surface area contributed by atoms with Gasteiger partial charge in [0.1, 0.15) is 0 Å². The number of ether oxygens (including phenoxy) is 1. The number of carbonyl (C=O) groups is 1. The number of benzene rings is 1. The molecule has 20 heavy (non-hydrogen) atoms. The van der Waals surface area contributed by atoms with Gasteiger partial charge >= 0.3 is 0 Å². The number of carbonyl (C=O) groups excluding carboxylic acids is 1. The van der Waals surface area contributed by atoms with E-state index in [1.807, 2.05) is 0 Å². The molecule has 2 atom stereocenters. The molecule has 1 aromatic carbocycles. The third-order valence-corrected chi connectivity index (χ3v) is 3.49. The molecule has 0 aromatic heterocycles. The van der Waals surface area contributed by atoms with Gasteiger partial charge in [-0.1, -0.05) is 0 Å². The standard InChI is InChI=1S/C15H21FN2O2/c1-3-20-14-5-4-12(9-13(14)16)18-15(19)11-6-7-17-10(2)8-11/h4-5,9-11,17H,3,6-8H2,1-2H3,(H,18,19). The molecule has 0 saturated carbocycles. The van der Waals surface area contributed by atoms with Crippen LogP contribution in [-0.4, -0.2) is 25.1 Å². The SMILES string of the molecule is CCOc1ccc(NC(=O)C2CCNC(C)C2)cc1F. The van der Waals surface area contributed by atoms with Gasteiger partial charge in [0.05, 0.1) is 6.61 Å². The van der Waals surface area contributed by atoms with Crippen molar-refractivity contribution in [3.8, 4) is 5.75 Å². The molecule has 0 bridgehead atoms. The largest absolute Gasteiger partial charge is 0.491 e. The van der Waals surface area contributed by atoms with E-state index in [1.54, 1.807) is 19.1 Å². The Balaban J connectivity index is 1.98. The minimum absolute atomic E-state index is 0.0131. The van der Waals surface area contributed by atoms with Gasteiger partial charge in [0.15, 0.2) is 11.6 Å². The smallest absolute Gasteiger partial charge is 0.227 e. The van der Waals surface area contributed by atoms with E-state index in [0.29, 0.717) is 18.3 Å². The maximum absolute atomic E-state index is 13.7. The summed E-state index contributed by atoms with van der Waals surface area (Å²) in [5.41, 5.74) is 0.474. The number of anilines is 1. The Morgan fingerprint density at radius 2 is 2.35 bits per heavy atom. The highest BCUT2D eigenvalue weighted by atomic mass is 19.1. The molecule has 1 aromatic rings.